The first-order valence-electron chi connectivity index (χ1n) is 20.0. The van der Waals surface area contributed by atoms with Crippen LogP contribution >= 0.6 is 0 Å². The standard InChI is InChI=1S/C40H79NO4/c1-3-5-7-9-11-13-15-16-17-18-19-20-21-22-23-24-25-27-29-31-33-35-39(44)40(45)41-37(36-42)38(43)34-32-30-28-26-14-12-10-8-6-4-2/h21-22,37-39,42-44H,3-20,23-36H2,1-2H3,(H,41,45)/b22-21-. The predicted octanol–water partition coefficient (Wildman–Crippen LogP) is 10.9. The Hall–Kier alpha value is -0.910. The number of allylic oxidation sites excluding steroid dienone is 2. The molecule has 0 aromatic rings. The Morgan fingerprint density at radius 3 is 1.22 bits per heavy atom. The topological polar surface area (TPSA) is 89.8 Å². The summed E-state index contributed by atoms with van der Waals surface area (Å²) in [5.41, 5.74) is 0. The molecule has 3 unspecified atom stereocenters. The van der Waals surface area contributed by atoms with Crippen LogP contribution in [0, 0.1) is 0 Å². The van der Waals surface area contributed by atoms with Gasteiger partial charge in [0, 0.05) is 0 Å². The van der Waals surface area contributed by atoms with E-state index in [1.54, 1.807) is 0 Å². The molecular weight excluding hydrogens is 558 g/mol. The van der Waals surface area contributed by atoms with Crippen molar-refractivity contribution >= 4 is 5.91 Å². The Morgan fingerprint density at radius 1 is 0.511 bits per heavy atom. The molecule has 0 aromatic carbocycles. The minimum absolute atomic E-state index is 0.314. The Kier molecular flexibility index (Phi) is 35.2. The normalized spacial score (nSPS) is 13.8. The zero-order valence-corrected chi connectivity index (χ0v) is 30.3. The first-order valence-corrected chi connectivity index (χ1v) is 20.0. The smallest absolute Gasteiger partial charge is 0.249 e. The molecule has 0 radical (unpaired) electrons. The number of aliphatic hydroxyl groups excluding tert-OH is 3. The van der Waals surface area contributed by atoms with Crippen LogP contribution in [0.3, 0.4) is 0 Å². The predicted molar refractivity (Wildman–Crippen MR) is 195 cm³/mol. The maximum Gasteiger partial charge on any atom is 0.249 e. The van der Waals surface area contributed by atoms with Crippen LogP contribution in [0.4, 0.5) is 0 Å². The molecule has 0 aliphatic rings. The van der Waals surface area contributed by atoms with Gasteiger partial charge in [-0.2, -0.15) is 0 Å². The highest BCUT2D eigenvalue weighted by Gasteiger charge is 2.23. The second-order valence-corrected chi connectivity index (χ2v) is 13.8. The molecule has 0 aliphatic heterocycles. The first-order chi connectivity index (χ1) is 22.1. The van der Waals surface area contributed by atoms with E-state index < -0.39 is 24.2 Å². The number of hydrogen-bond acceptors (Lipinski definition) is 4. The van der Waals surface area contributed by atoms with Crippen molar-refractivity contribution in [1.82, 2.24) is 5.32 Å². The van der Waals surface area contributed by atoms with Gasteiger partial charge in [0.25, 0.3) is 0 Å². The third kappa shape index (κ3) is 31.5. The molecule has 0 bridgehead atoms. The fourth-order valence-electron chi connectivity index (χ4n) is 6.18. The molecule has 0 aliphatic carbocycles. The van der Waals surface area contributed by atoms with Crippen LogP contribution in [0.25, 0.3) is 0 Å². The maximum absolute atomic E-state index is 12.4. The summed E-state index contributed by atoms with van der Waals surface area (Å²) >= 11 is 0. The summed E-state index contributed by atoms with van der Waals surface area (Å²) in [6.07, 6.45) is 40.6. The van der Waals surface area contributed by atoms with Crippen LogP contribution in [-0.2, 0) is 4.79 Å². The molecule has 268 valence electrons. The van der Waals surface area contributed by atoms with Gasteiger partial charge in [0.05, 0.1) is 18.8 Å². The lowest BCUT2D eigenvalue weighted by atomic mass is 10.0. The van der Waals surface area contributed by atoms with Gasteiger partial charge in [0.2, 0.25) is 5.91 Å². The second kappa shape index (κ2) is 35.9. The van der Waals surface area contributed by atoms with Gasteiger partial charge in [0.15, 0.2) is 0 Å². The van der Waals surface area contributed by atoms with Gasteiger partial charge in [0.1, 0.15) is 6.10 Å². The number of hydrogen-bond donors (Lipinski definition) is 4. The van der Waals surface area contributed by atoms with E-state index >= 15 is 0 Å². The molecule has 0 fully saturated rings. The number of carbonyl (C=O) groups excluding carboxylic acids is 1. The van der Waals surface area contributed by atoms with E-state index in [-0.39, 0.29) is 6.61 Å². The quantitative estimate of drug-likeness (QED) is 0.0406. The summed E-state index contributed by atoms with van der Waals surface area (Å²) in [4.78, 5) is 12.4. The first kappa shape index (κ1) is 44.1. The number of unbranched alkanes of at least 4 members (excludes halogenated alkanes) is 26. The van der Waals surface area contributed by atoms with E-state index in [4.69, 9.17) is 0 Å². The van der Waals surface area contributed by atoms with Gasteiger partial charge in [-0.1, -0.05) is 187 Å². The van der Waals surface area contributed by atoms with Crippen molar-refractivity contribution in [3.63, 3.8) is 0 Å². The molecule has 0 rings (SSSR count). The van der Waals surface area contributed by atoms with Crippen molar-refractivity contribution in [3.05, 3.63) is 12.2 Å². The fourth-order valence-corrected chi connectivity index (χ4v) is 6.18. The SMILES string of the molecule is CCCCCCCCCCCCC/C=C\CCCCCCCCC(O)C(=O)NC(CO)C(O)CCCCCCCCCCCC. The molecule has 5 heteroatoms. The molecule has 0 heterocycles. The van der Waals surface area contributed by atoms with E-state index in [0.29, 0.717) is 12.8 Å². The third-order valence-corrected chi connectivity index (χ3v) is 9.38. The Bertz CT molecular complexity index is 625. The summed E-state index contributed by atoms with van der Waals surface area (Å²) in [6.45, 7) is 4.21. The molecule has 45 heavy (non-hydrogen) atoms. The van der Waals surface area contributed by atoms with Gasteiger partial charge < -0.3 is 20.6 Å². The van der Waals surface area contributed by atoms with Crippen LogP contribution in [0.1, 0.15) is 213 Å². The molecule has 3 atom stereocenters. The summed E-state index contributed by atoms with van der Waals surface area (Å²) in [5.74, 6) is -0.476. The lowest BCUT2D eigenvalue weighted by Gasteiger charge is -2.23. The average molecular weight is 638 g/mol. The number of rotatable bonds is 36. The molecule has 0 saturated carbocycles. The van der Waals surface area contributed by atoms with Crippen molar-refractivity contribution < 1.29 is 20.1 Å². The van der Waals surface area contributed by atoms with Crippen molar-refractivity contribution in [2.24, 2.45) is 0 Å². The van der Waals surface area contributed by atoms with Crippen molar-refractivity contribution in [3.8, 4) is 0 Å². The van der Waals surface area contributed by atoms with E-state index in [2.05, 4.69) is 31.3 Å². The van der Waals surface area contributed by atoms with E-state index in [0.717, 1.165) is 32.1 Å². The molecule has 5 nitrogen and oxygen atoms in total. The van der Waals surface area contributed by atoms with E-state index in [1.165, 1.54) is 154 Å². The minimum Gasteiger partial charge on any atom is -0.394 e. The van der Waals surface area contributed by atoms with Gasteiger partial charge in [-0.25, -0.2) is 0 Å². The molecule has 0 spiro atoms. The lowest BCUT2D eigenvalue weighted by Crippen LogP contribution is -2.49. The van der Waals surface area contributed by atoms with Gasteiger partial charge in [-0.3, -0.25) is 4.79 Å². The number of amides is 1. The van der Waals surface area contributed by atoms with Gasteiger partial charge in [-0.05, 0) is 38.5 Å². The largest absolute Gasteiger partial charge is 0.394 e. The van der Waals surface area contributed by atoms with Crippen LogP contribution in [0.15, 0.2) is 12.2 Å². The van der Waals surface area contributed by atoms with Crippen LogP contribution in [0.2, 0.25) is 0 Å². The molecule has 0 saturated heterocycles. The molecule has 0 aromatic heterocycles. The highest BCUT2D eigenvalue weighted by atomic mass is 16.3. The Labute approximate surface area is 280 Å². The summed E-state index contributed by atoms with van der Waals surface area (Å²) in [5, 5.41) is 33.1. The number of nitrogens with one attached hydrogen (secondary N) is 1. The number of carbonyl (C=O) groups is 1. The van der Waals surface area contributed by atoms with E-state index in [9.17, 15) is 20.1 Å². The monoisotopic (exact) mass is 638 g/mol. The summed E-state index contributed by atoms with van der Waals surface area (Å²) < 4.78 is 0. The minimum atomic E-state index is -1.07. The van der Waals surface area contributed by atoms with Crippen molar-refractivity contribution in [1.29, 1.82) is 0 Å². The van der Waals surface area contributed by atoms with Crippen LogP contribution < -0.4 is 5.32 Å². The third-order valence-electron chi connectivity index (χ3n) is 9.38. The van der Waals surface area contributed by atoms with Gasteiger partial charge >= 0.3 is 0 Å². The second-order valence-electron chi connectivity index (χ2n) is 13.8. The fraction of sp³-hybridized carbons (Fsp3) is 0.925. The highest BCUT2D eigenvalue weighted by Crippen LogP contribution is 2.15. The zero-order valence-electron chi connectivity index (χ0n) is 30.3. The molecule has 1 amide bonds. The molecule has 4 N–H and O–H groups in total. The molecular formula is C40H79NO4. The van der Waals surface area contributed by atoms with Crippen molar-refractivity contribution in [2.45, 2.75) is 231 Å². The maximum atomic E-state index is 12.4. The van der Waals surface area contributed by atoms with Crippen LogP contribution in [-0.4, -0.2) is 46.1 Å². The van der Waals surface area contributed by atoms with Gasteiger partial charge in [-0.15, -0.1) is 0 Å². The summed E-state index contributed by atoms with van der Waals surface area (Å²) in [6, 6.07) is -0.709. The number of aliphatic hydroxyl groups is 3. The van der Waals surface area contributed by atoms with E-state index in [1.807, 2.05) is 0 Å². The van der Waals surface area contributed by atoms with Crippen molar-refractivity contribution in [2.75, 3.05) is 6.61 Å². The lowest BCUT2D eigenvalue weighted by molar-refractivity contribution is -0.131. The summed E-state index contributed by atoms with van der Waals surface area (Å²) in [7, 11) is 0. The zero-order chi connectivity index (χ0) is 33.1. The Balaban J connectivity index is 3.61. The van der Waals surface area contributed by atoms with Crippen LogP contribution in [0.5, 0.6) is 0 Å². The Morgan fingerprint density at radius 2 is 0.844 bits per heavy atom. The average Bonchev–Trinajstić information content (AvgIpc) is 3.04. The highest BCUT2D eigenvalue weighted by molar-refractivity contribution is 5.80.